The maximum absolute atomic E-state index is 5.77. The summed E-state index contributed by atoms with van der Waals surface area (Å²) in [5.41, 5.74) is 0. The topological polar surface area (TPSA) is 38.3 Å². The molecule has 0 aliphatic carbocycles. The lowest BCUT2D eigenvalue weighted by Crippen LogP contribution is -2.20. The van der Waals surface area contributed by atoms with Crippen molar-refractivity contribution in [2.24, 2.45) is 0 Å². The van der Waals surface area contributed by atoms with Crippen LogP contribution < -0.4 is 5.32 Å². The summed E-state index contributed by atoms with van der Waals surface area (Å²) in [5.74, 6) is 2.75. The van der Waals surface area contributed by atoms with E-state index in [2.05, 4.69) is 35.1 Å². The minimum absolute atomic E-state index is 0.0217. The molecule has 0 bridgehead atoms. The summed E-state index contributed by atoms with van der Waals surface area (Å²) in [6, 6.07) is 7.83. The molecule has 4 heteroatoms. The molecule has 3 nitrogen and oxygen atoms in total. The first-order valence-corrected chi connectivity index (χ1v) is 6.61. The predicted octanol–water partition coefficient (Wildman–Crippen LogP) is 3.90. The van der Waals surface area contributed by atoms with E-state index in [1.54, 1.807) is 0 Å². The third-order valence-electron chi connectivity index (χ3n) is 2.60. The van der Waals surface area contributed by atoms with Gasteiger partial charge in [0.25, 0.3) is 0 Å². The molecule has 0 saturated heterocycles. The smallest absolute Gasteiger partial charge is 0.169 e. The fourth-order valence-corrected chi connectivity index (χ4v) is 2.09. The molecule has 0 aliphatic rings. The van der Waals surface area contributed by atoms with E-state index in [4.69, 9.17) is 8.83 Å². The molecular formula is C13H16BrNO2. The van der Waals surface area contributed by atoms with Crippen LogP contribution in [0.3, 0.4) is 0 Å². The number of furan rings is 2. The molecule has 2 aromatic rings. The summed E-state index contributed by atoms with van der Waals surface area (Å²) in [6.07, 6.45) is 0.903. The van der Waals surface area contributed by atoms with Crippen molar-refractivity contribution in [1.82, 2.24) is 5.32 Å². The Balaban J connectivity index is 2.28. The van der Waals surface area contributed by atoms with Crippen molar-refractivity contribution in [3.05, 3.63) is 46.2 Å². The first kappa shape index (κ1) is 12.5. The molecule has 0 spiro atoms. The highest BCUT2D eigenvalue weighted by Crippen LogP contribution is 2.27. The van der Waals surface area contributed by atoms with Crippen molar-refractivity contribution in [2.45, 2.75) is 26.3 Å². The van der Waals surface area contributed by atoms with Gasteiger partial charge in [-0.15, -0.1) is 0 Å². The lowest BCUT2D eigenvalue weighted by molar-refractivity contribution is 0.375. The van der Waals surface area contributed by atoms with E-state index in [1.807, 2.05) is 24.3 Å². The zero-order chi connectivity index (χ0) is 12.3. The third-order valence-corrected chi connectivity index (χ3v) is 3.03. The van der Waals surface area contributed by atoms with Crippen molar-refractivity contribution < 1.29 is 8.83 Å². The van der Waals surface area contributed by atoms with E-state index in [-0.39, 0.29) is 6.04 Å². The summed E-state index contributed by atoms with van der Waals surface area (Å²) >= 11 is 3.32. The number of aryl methyl sites for hydroxylation is 1. The molecule has 2 rings (SSSR count). The van der Waals surface area contributed by atoms with Gasteiger partial charge in [0.15, 0.2) is 4.67 Å². The summed E-state index contributed by atoms with van der Waals surface area (Å²) in [7, 11) is 0. The Labute approximate surface area is 109 Å². The molecule has 0 radical (unpaired) electrons. The van der Waals surface area contributed by atoms with Crippen LogP contribution in [0.4, 0.5) is 0 Å². The van der Waals surface area contributed by atoms with Gasteiger partial charge < -0.3 is 14.2 Å². The van der Waals surface area contributed by atoms with Gasteiger partial charge in [0.1, 0.15) is 23.3 Å². The first-order valence-electron chi connectivity index (χ1n) is 5.81. The van der Waals surface area contributed by atoms with Crippen LogP contribution in [0.5, 0.6) is 0 Å². The quantitative estimate of drug-likeness (QED) is 0.910. The van der Waals surface area contributed by atoms with Gasteiger partial charge in [0, 0.05) is 6.42 Å². The maximum atomic E-state index is 5.77. The Morgan fingerprint density at radius 3 is 2.35 bits per heavy atom. The van der Waals surface area contributed by atoms with E-state index in [1.165, 1.54) is 0 Å². The van der Waals surface area contributed by atoms with Crippen molar-refractivity contribution in [2.75, 3.05) is 6.54 Å². The van der Waals surface area contributed by atoms with Crippen molar-refractivity contribution in [3.63, 3.8) is 0 Å². The fourth-order valence-electron chi connectivity index (χ4n) is 1.77. The summed E-state index contributed by atoms with van der Waals surface area (Å²) in [6.45, 7) is 4.99. The van der Waals surface area contributed by atoms with Gasteiger partial charge in [0.2, 0.25) is 0 Å². The predicted molar refractivity (Wildman–Crippen MR) is 70.0 cm³/mol. The Bertz CT molecular complexity index is 475. The molecule has 1 unspecified atom stereocenters. The molecule has 92 valence electrons. The molecular weight excluding hydrogens is 282 g/mol. The number of nitrogens with one attached hydrogen (secondary N) is 1. The van der Waals surface area contributed by atoms with Crippen LogP contribution in [0.15, 0.2) is 37.8 Å². The van der Waals surface area contributed by atoms with Gasteiger partial charge in [-0.1, -0.05) is 13.8 Å². The largest absolute Gasteiger partial charge is 0.464 e. The van der Waals surface area contributed by atoms with Gasteiger partial charge in [-0.05, 0) is 46.7 Å². The minimum atomic E-state index is -0.0217. The van der Waals surface area contributed by atoms with E-state index in [9.17, 15) is 0 Å². The molecule has 2 aromatic heterocycles. The Morgan fingerprint density at radius 2 is 1.82 bits per heavy atom. The van der Waals surface area contributed by atoms with Crippen LogP contribution in [0.1, 0.15) is 37.2 Å². The highest BCUT2D eigenvalue weighted by molar-refractivity contribution is 9.10. The Hall–Kier alpha value is -1.00. The molecule has 0 aliphatic heterocycles. The highest BCUT2D eigenvalue weighted by atomic mass is 79.9. The van der Waals surface area contributed by atoms with Gasteiger partial charge in [-0.25, -0.2) is 0 Å². The first-order chi connectivity index (χ1) is 8.24. The molecule has 0 amide bonds. The normalized spacial score (nSPS) is 12.9. The van der Waals surface area contributed by atoms with Crippen molar-refractivity contribution >= 4 is 15.9 Å². The molecule has 17 heavy (non-hydrogen) atoms. The summed E-state index contributed by atoms with van der Waals surface area (Å²) in [5, 5.41) is 3.36. The Kier molecular flexibility index (Phi) is 4.07. The standard InChI is InChI=1S/C13H16BrNO2/c1-3-9-5-6-10(16-9)13(15-4-2)11-7-8-12(14)17-11/h5-8,13,15H,3-4H2,1-2H3. The summed E-state index contributed by atoms with van der Waals surface area (Å²) < 4.78 is 12.1. The van der Waals surface area contributed by atoms with Crippen molar-refractivity contribution in [1.29, 1.82) is 0 Å². The molecule has 0 aromatic carbocycles. The lowest BCUT2D eigenvalue weighted by Gasteiger charge is -2.12. The fraction of sp³-hybridized carbons (Fsp3) is 0.385. The second-order valence-corrected chi connectivity index (χ2v) is 4.57. The van der Waals surface area contributed by atoms with Gasteiger partial charge in [-0.2, -0.15) is 0 Å². The molecule has 1 N–H and O–H groups in total. The summed E-state index contributed by atoms with van der Waals surface area (Å²) in [4.78, 5) is 0. The van der Waals surface area contributed by atoms with Gasteiger partial charge in [-0.3, -0.25) is 0 Å². The maximum Gasteiger partial charge on any atom is 0.169 e. The van der Waals surface area contributed by atoms with E-state index < -0.39 is 0 Å². The van der Waals surface area contributed by atoms with E-state index in [0.717, 1.165) is 34.9 Å². The third kappa shape index (κ3) is 2.82. The van der Waals surface area contributed by atoms with Crippen LogP contribution >= 0.6 is 15.9 Å². The van der Waals surface area contributed by atoms with Crippen LogP contribution in [0.25, 0.3) is 0 Å². The minimum Gasteiger partial charge on any atom is -0.464 e. The van der Waals surface area contributed by atoms with Gasteiger partial charge in [0.05, 0.1) is 0 Å². The molecule has 2 heterocycles. The Morgan fingerprint density at radius 1 is 1.12 bits per heavy atom. The van der Waals surface area contributed by atoms with Crippen LogP contribution in [0, 0.1) is 0 Å². The second kappa shape index (κ2) is 5.56. The van der Waals surface area contributed by atoms with Crippen LogP contribution in [0.2, 0.25) is 0 Å². The molecule has 1 atom stereocenters. The average molecular weight is 298 g/mol. The lowest BCUT2D eigenvalue weighted by atomic mass is 10.1. The average Bonchev–Trinajstić information content (AvgIpc) is 2.94. The SMILES string of the molecule is CCNC(c1ccc(Br)o1)c1ccc(CC)o1. The molecule has 0 fully saturated rings. The van der Waals surface area contributed by atoms with E-state index >= 15 is 0 Å². The highest BCUT2D eigenvalue weighted by Gasteiger charge is 2.20. The number of hydrogen-bond acceptors (Lipinski definition) is 3. The van der Waals surface area contributed by atoms with Crippen LogP contribution in [-0.2, 0) is 6.42 Å². The zero-order valence-corrected chi connectivity index (χ0v) is 11.6. The second-order valence-electron chi connectivity index (χ2n) is 3.79. The number of rotatable bonds is 5. The van der Waals surface area contributed by atoms with Crippen LogP contribution in [-0.4, -0.2) is 6.54 Å². The number of halogens is 1. The van der Waals surface area contributed by atoms with Crippen molar-refractivity contribution in [3.8, 4) is 0 Å². The number of hydrogen-bond donors (Lipinski definition) is 1. The van der Waals surface area contributed by atoms with E-state index in [0.29, 0.717) is 0 Å². The monoisotopic (exact) mass is 297 g/mol. The molecule has 0 saturated carbocycles. The zero-order valence-electron chi connectivity index (χ0n) is 10.00. The van der Waals surface area contributed by atoms with Gasteiger partial charge >= 0.3 is 0 Å².